The third-order valence-corrected chi connectivity index (χ3v) is 2.72. The van der Waals surface area contributed by atoms with E-state index in [9.17, 15) is 0 Å². The number of hydrazine groups is 1. The molecule has 72 valence electrons. The summed E-state index contributed by atoms with van der Waals surface area (Å²) >= 11 is 1.74. The van der Waals surface area contributed by atoms with Gasteiger partial charge in [0.15, 0.2) is 0 Å². The summed E-state index contributed by atoms with van der Waals surface area (Å²) in [5, 5.41) is 2.38. The molecule has 0 radical (unpaired) electrons. The molecule has 14 heavy (non-hydrogen) atoms. The maximum atomic E-state index is 3.21. The molecule has 1 aliphatic heterocycles. The molecule has 2 N–H and O–H groups in total. The van der Waals surface area contributed by atoms with E-state index in [0.29, 0.717) is 5.37 Å². The first-order chi connectivity index (χ1) is 6.95. The maximum Gasteiger partial charge on any atom is 0.0937 e. The van der Waals surface area contributed by atoms with Crippen LogP contribution in [-0.4, -0.2) is 5.37 Å². The number of anilines is 1. The number of hydrogen-bond acceptors (Lipinski definition) is 3. The molecular formula is C11H12N2S. The summed E-state index contributed by atoms with van der Waals surface area (Å²) in [5.41, 5.74) is 7.45. The monoisotopic (exact) mass is 204 g/mol. The number of benzene rings is 1. The van der Waals surface area contributed by atoms with E-state index in [4.69, 9.17) is 0 Å². The second kappa shape index (κ2) is 4.88. The van der Waals surface area contributed by atoms with Gasteiger partial charge in [0.2, 0.25) is 0 Å². The minimum atomic E-state index is 0.306. The molecule has 0 bridgehead atoms. The van der Waals surface area contributed by atoms with Gasteiger partial charge < -0.3 is 5.43 Å². The van der Waals surface area contributed by atoms with E-state index in [1.165, 1.54) is 0 Å². The lowest BCUT2D eigenvalue weighted by molar-refractivity contribution is 0.847. The summed E-state index contributed by atoms with van der Waals surface area (Å²) in [6.45, 7) is 0. The van der Waals surface area contributed by atoms with Crippen molar-refractivity contribution in [3.05, 3.63) is 54.0 Å². The number of nitrogens with one attached hydrogen (secondary N) is 2. The Balaban J connectivity index is 1.83. The molecule has 0 spiro atoms. The van der Waals surface area contributed by atoms with Gasteiger partial charge in [-0.3, -0.25) is 0 Å². The Hall–Kier alpha value is -1.19. The van der Waals surface area contributed by atoms with Gasteiger partial charge in [0.25, 0.3) is 0 Å². The predicted molar refractivity (Wildman–Crippen MR) is 62.9 cm³/mol. The third-order valence-electron chi connectivity index (χ3n) is 1.83. The summed E-state index contributed by atoms with van der Waals surface area (Å²) in [6.07, 6.45) is 6.19. The molecule has 1 heterocycles. The molecule has 0 saturated carbocycles. The molecule has 1 atom stereocenters. The average Bonchev–Trinajstić information content (AvgIpc) is 2.29. The highest BCUT2D eigenvalue weighted by Gasteiger charge is 2.03. The van der Waals surface area contributed by atoms with E-state index >= 15 is 0 Å². The fraction of sp³-hybridized carbons (Fsp3) is 0.0909. The molecule has 3 heteroatoms. The standard InChI is InChI=1S/C11H12N2S/c1-2-6-10(7-3-1)12-13-11-8-4-5-9-14-11/h1-9,11-13H. The molecule has 0 aliphatic carbocycles. The summed E-state index contributed by atoms with van der Waals surface area (Å²) < 4.78 is 0. The summed E-state index contributed by atoms with van der Waals surface area (Å²) in [5.74, 6) is 0. The number of hydrogen-bond donors (Lipinski definition) is 2. The Labute approximate surface area is 88.1 Å². The fourth-order valence-corrected chi connectivity index (χ4v) is 1.80. The van der Waals surface area contributed by atoms with E-state index in [2.05, 4.69) is 22.3 Å². The highest BCUT2D eigenvalue weighted by Crippen LogP contribution is 2.15. The van der Waals surface area contributed by atoms with Crippen LogP contribution in [0.25, 0.3) is 0 Å². The second-order valence-corrected chi connectivity index (χ2v) is 3.96. The van der Waals surface area contributed by atoms with Crippen LogP contribution in [0.1, 0.15) is 0 Å². The van der Waals surface area contributed by atoms with Crippen molar-refractivity contribution in [3.63, 3.8) is 0 Å². The van der Waals surface area contributed by atoms with Crippen molar-refractivity contribution < 1.29 is 0 Å². The Kier molecular flexibility index (Phi) is 3.27. The van der Waals surface area contributed by atoms with Gasteiger partial charge in [-0.2, -0.15) is 0 Å². The molecular weight excluding hydrogens is 192 g/mol. The smallest absolute Gasteiger partial charge is 0.0937 e. The van der Waals surface area contributed by atoms with Gasteiger partial charge in [-0.1, -0.05) is 36.4 Å². The average molecular weight is 204 g/mol. The van der Waals surface area contributed by atoms with Crippen molar-refractivity contribution in [2.24, 2.45) is 0 Å². The van der Waals surface area contributed by atoms with Crippen LogP contribution in [0.2, 0.25) is 0 Å². The van der Waals surface area contributed by atoms with Crippen LogP contribution in [0.15, 0.2) is 54.0 Å². The number of para-hydroxylation sites is 1. The molecule has 2 nitrogen and oxygen atoms in total. The van der Waals surface area contributed by atoms with Crippen molar-refractivity contribution in [2.45, 2.75) is 5.37 Å². The van der Waals surface area contributed by atoms with E-state index in [1.807, 2.05) is 42.5 Å². The lowest BCUT2D eigenvalue weighted by Gasteiger charge is -2.15. The lowest BCUT2D eigenvalue weighted by atomic mass is 10.3. The molecule has 2 rings (SSSR count). The van der Waals surface area contributed by atoms with Crippen LogP contribution in [-0.2, 0) is 0 Å². The summed E-state index contributed by atoms with van der Waals surface area (Å²) in [4.78, 5) is 0. The minimum Gasteiger partial charge on any atom is -0.320 e. The Morgan fingerprint density at radius 1 is 1.07 bits per heavy atom. The van der Waals surface area contributed by atoms with Crippen LogP contribution in [0.3, 0.4) is 0 Å². The molecule has 1 aromatic carbocycles. The van der Waals surface area contributed by atoms with Gasteiger partial charge in [0.1, 0.15) is 0 Å². The van der Waals surface area contributed by atoms with E-state index in [0.717, 1.165) is 5.69 Å². The summed E-state index contributed by atoms with van der Waals surface area (Å²) in [6, 6.07) is 10.1. The minimum absolute atomic E-state index is 0.306. The largest absolute Gasteiger partial charge is 0.320 e. The third kappa shape index (κ3) is 2.65. The number of thioether (sulfide) groups is 1. The lowest BCUT2D eigenvalue weighted by Crippen LogP contribution is -2.29. The first kappa shape index (κ1) is 9.37. The van der Waals surface area contributed by atoms with Gasteiger partial charge in [0, 0.05) is 5.69 Å². The topological polar surface area (TPSA) is 24.1 Å². The van der Waals surface area contributed by atoms with Crippen LogP contribution >= 0.6 is 11.8 Å². The quantitative estimate of drug-likeness (QED) is 0.740. The first-order valence-corrected chi connectivity index (χ1v) is 5.45. The molecule has 0 fully saturated rings. The molecule has 1 unspecified atom stereocenters. The second-order valence-electron chi connectivity index (χ2n) is 2.91. The maximum absolute atomic E-state index is 3.21. The number of rotatable bonds is 3. The van der Waals surface area contributed by atoms with Crippen LogP contribution in [0.5, 0.6) is 0 Å². The van der Waals surface area contributed by atoms with E-state index in [-0.39, 0.29) is 0 Å². The first-order valence-electron chi connectivity index (χ1n) is 4.50. The van der Waals surface area contributed by atoms with Crippen molar-refractivity contribution >= 4 is 17.4 Å². The molecule has 1 aromatic rings. The normalized spacial score (nSPS) is 19.6. The van der Waals surface area contributed by atoms with E-state index in [1.54, 1.807) is 11.8 Å². The van der Waals surface area contributed by atoms with Crippen molar-refractivity contribution in [2.75, 3.05) is 5.43 Å². The van der Waals surface area contributed by atoms with Crippen molar-refractivity contribution in [1.82, 2.24) is 5.43 Å². The van der Waals surface area contributed by atoms with Gasteiger partial charge >= 0.3 is 0 Å². The molecule has 1 aliphatic rings. The van der Waals surface area contributed by atoms with Crippen LogP contribution < -0.4 is 10.9 Å². The Bertz CT molecular complexity index is 332. The van der Waals surface area contributed by atoms with Crippen molar-refractivity contribution in [3.8, 4) is 0 Å². The predicted octanol–water partition coefficient (Wildman–Crippen LogP) is 2.75. The van der Waals surface area contributed by atoms with Crippen LogP contribution in [0.4, 0.5) is 5.69 Å². The zero-order valence-electron chi connectivity index (χ0n) is 7.68. The Morgan fingerprint density at radius 3 is 2.64 bits per heavy atom. The molecule has 0 amide bonds. The van der Waals surface area contributed by atoms with Crippen LogP contribution in [0, 0.1) is 0 Å². The van der Waals surface area contributed by atoms with E-state index < -0.39 is 0 Å². The Morgan fingerprint density at radius 2 is 1.93 bits per heavy atom. The number of allylic oxidation sites excluding steroid dienone is 2. The highest BCUT2D eigenvalue weighted by atomic mass is 32.2. The zero-order chi connectivity index (χ0) is 9.64. The molecule has 0 saturated heterocycles. The van der Waals surface area contributed by atoms with Gasteiger partial charge in [-0.25, -0.2) is 5.43 Å². The SMILES string of the molecule is C1=CSC(NNc2ccccc2)C=C1. The van der Waals surface area contributed by atoms with Gasteiger partial charge in [0.05, 0.1) is 5.37 Å². The molecule has 0 aromatic heterocycles. The fourth-order valence-electron chi connectivity index (χ4n) is 1.14. The zero-order valence-corrected chi connectivity index (χ0v) is 8.50. The van der Waals surface area contributed by atoms with Gasteiger partial charge in [-0.05, 0) is 17.5 Å². The highest BCUT2D eigenvalue weighted by molar-refractivity contribution is 8.02. The van der Waals surface area contributed by atoms with Gasteiger partial charge in [-0.15, -0.1) is 11.8 Å². The summed E-state index contributed by atoms with van der Waals surface area (Å²) in [7, 11) is 0. The van der Waals surface area contributed by atoms with Crippen molar-refractivity contribution in [1.29, 1.82) is 0 Å².